The molecule has 0 heterocycles. The third-order valence-electron chi connectivity index (χ3n) is 7.23. The lowest BCUT2D eigenvalue weighted by molar-refractivity contribution is 1.29. The van der Waals surface area contributed by atoms with E-state index in [-0.39, 0.29) is 0 Å². The average Bonchev–Trinajstić information content (AvgIpc) is 3.01. The van der Waals surface area contributed by atoms with Gasteiger partial charge in [0.2, 0.25) is 0 Å². The quantitative estimate of drug-likeness (QED) is 0.216. The average molecular weight is 512 g/mol. The summed E-state index contributed by atoms with van der Waals surface area (Å²) in [5.41, 5.74) is 7.50. The van der Waals surface area contributed by atoms with E-state index < -0.39 is 0 Å². The highest BCUT2D eigenvalue weighted by atomic mass is 15.1. The Balaban J connectivity index is 1.38. The van der Waals surface area contributed by atoms with Crippen LogP contribution in [-0.2, 0) is 0 Å². The van der Waals surface area contributed by atoms with E-state index in [1.165, 1.54) is 16.3 Å². The second-order valence-corrected chi connectivity index (χ2v) is 9.75. The predicted octanol–water partition coefficient (Wildman–Crippen LogP) is 9.68. The minimum absolute atomic E-state index is 0.573. The normalized spacial score (nSPS) is 11.0. The lowest BCUT2D eigenvalue weighted by Crippen LogP contribution is -2.10. The van der Waals surface area contributed by atoms with Gasteiger partial charge in [0.25, 0.3) is 0 Å². The summed E-state index contributed by atoms with van der Waals surface area (Å²) in [4.78, 5) is 2.29. The lowest BCUT2D eigenvalue weighted by Gasteiger charge is -2.27. The Bertz CT molecular complexity index is 1960. The van der Waals surface area contributed by atoms with Crippen LogP contribution < -0.4 is 4.90 Å². The lowest BCUT2D eigenvalue weighted by atomic mass is 9.96. The molecular weight excluding hydrogens is 486 g/mol. The van der Waals surface area contributed by atoms with Crippen molar-refractivity contribution in [2.75, 3.05) is 4.90 Å². The largest absolute Gasteiger partial charge is 0.310 e. The van der Waals surface area contributed by atoms with Crippen LogP contribution in [0.1, 0.15) is 27.8 Å². The summed E-state index contributed by atoms with van der Waals surface area (Å²) in [5, 5.41) is 23.3. The van der Waals surface area contributed by atoms with E-state index in [0.717, 1.165) is 39.0 Å². The fourth-order valence-corrected chi connectivity index (χ4v) is 5.18. The molecule has 0 saturated carbocycles. The van der Waals surface area contributed by atoms with Gasteiger partial charge in [0.1, 0.15) is 6.07 Å². The van der Waals surface area contributed by atoms with Crippen molar-refractivity contribution < 1.29 is 0 Å². The Labute approximate surface area is 234 Å². The van der Waals surface area contributed by atoms with Crippen molar-refractivity contribution in [3.05, 3.63) is 149 Å². The van der Waals surface area contributed by atoms with E-state index in [1.807, 2.05) is 36.4 Å². The van der Waals surface area contributed by atoms with Gasteiger partial charge in [0.15, 0.2) is 0 Å². The summed E-state index contributed by atoms with van der Waals surface area (Å²) < 4.78 is 0. The SMILES string of the molecule is Cc1ccc(N(c2ccc(C=Cc3ccc4c(C#N)cccc4c3C#N)cc2)c2cccc3ccccc23)cc1. The highest BCUT2D eigenvalue weighted by Gasteiger charge is 2.15. The van der Waals surface area contributed by atoms with Crippen LogP contribution >= 0.6 is 0 Å². The second kappa shape index (κ2) is 10.6. The Hall–Kier alpha value is -5.64. The zero-order chi connectivity index (χ0) is 27.5. The smallest absolute Gasteiger partial charge is 0.100 e. The van der Waals surface area contributed by atoms with Crippen LogP contribution in [0.15, 0.2) is 121 Å². The maximum Gasteiger partial charge on any atom is 0.100 e. The molecule has 6 rings (SSSR count). The first-order valence-corrected chi connectivity index (χ1v) is 13.1. The molecule has 6 aromatic carbocycles. The zero-order valence-electron chi connectivity index (χ0n) is 22.0. The van der Waals surface area contributed by atoms with Crippen LogP contribution in [0, 0.1) is 29.6 Å². The predicted molar refractivity (Wildman–Crippen MR) is 166 cm³/mol. The summed E-state index contributed by atoms with van der Waals surface area (Å²) in [6.07, 6.45) is 3.99. The van der Waals surface area contributed by atoms with E-state index in [1.54, 1.807) is 6.07 Å². The number of nitriles is 2. The molecule has 0 N–H and O–H groups in total. The minimum atomic E-state index is 0.573. The number of nitrogens with zero attached hydrogens (tertiary/aromatic N) is 3. The van der Waals surface area contributed by atoms with Gasteiger partial charge in [-0.15, -0.1) is 0 Å². The highest BCUT2D eigenvalue weighted by molar-refractivity contribution is 5.99. The number of hydrogen-bond donors (Lipinski definition) is 0. The van der Waals surface area contributed by atoms with Gasteiger partial charge in [-0.2, -0.15) is 10.5 Å². The number of fused-ring (bicyclic) bond motifs is 2. The van der Waals surface area contributed by atoms with Crippen molar-refractivity contribution in [3.63, 3.8) is 0 Å². The van der Waals surface area contributed by atoms with Gasteiger partial charge in [-0.05, 0) is 59.8 Å². The molecule has 3 heteroatoms. The Morgan fingerprint density at radius 2 is 1.25 bits per heavy atom. The first kappa shape index (κ1) is 24.7. The van der Waals surface area contributed by atoms with Gasteiger partial charge in [-0.3, -0.25) is 0 Å². The molecule has 40 heavy (non-hydrogen) atoms. The summed E-state index contributed by atoms with van der Waals surface area (Å²) in [6.45, 7) is 2.10. The number of rotatable bonds is 5. The van der Waals surface area contributed by atoms with Crippen LogP contribution in [0.3, 0.4) is 0 Å². The molecule has 0 aliphatic heterocycles. The molecule has 0 fully saturated rings. The summed E-state index contributed by atoms with van der Waals surface area (Å²) in [6, 6.07) is 45.8. The fraction of sp³-hybridized carbons (Fsp3) is 0.0270. The van der Waals surface area contributed by atoms with Crippen molar-refractivity contribution in [2.45, 2.75) is 6.92 Å². The Kier molecular flexibility index (Phi) is 6.55. The number of benzene rings is 6. The van der Waals surface area contributed by atoms with Gasteiger partial charge in [-0.1, -0.05) is 103 Å². The number of hydrogen-bond acceptors (Lipinski definition) is 3. The Morgan fingerprint density at radius 3 is 2.00 bits per heavy atom. The molecule has 3 nitrogen and oxygen atoms in total. The first-order chi connectivity index (χ1) is 19.7. The number of anilines is 3. The molecule has 0 radical (unpaired) electrons. The van der Waals surface area contributed by atoms with Crippen molar-refractivity contribution >= 4 is 50.8 Å². The highest BCUT2D eigenvalue weighted by Crippen LogP contribution is 2.39. The van der Waals surface area contributed by atoms with E-state index >= 15 is 0 Å². The van der Waals surface area contributed by atoms with Crippen molar-refractivity contribution in [2.24, 2.45) is 0 Å². The summed E-state index contributed by atoms with van der Waals surface area (Å²) >= 11 is 0. The topological polar surface area (TPSA) is 50.8 Å². The maximum absolute atomic E-state index is 9.91. The van der Waals surface area contributed by atoms with E-state index in [9.17, 15) is 10.5 Å². The van der Waals surface area contributed by atoms with Crippen LogP contribution in [0.5, 0.6) is 0 Å². The van der Waals surface area contributed by atoms with Gasteiger partial charge in [-0.25, -0.2) is 0 Å². The molecule has 0 bridgehead atoms. The van der Waals surface area contributed by atoms with E-state index in [0.29, 0.717) is 11.1 Å². The van der Waals surface area contributed by atoms with Gasteiger partial charge < -0.3 is 4.90 Å². The van der Waals surface area contributed by atoms with Crippen LogP contribution in [0.2, 0.25) is 0 Å². The molecule has 0 saturated heterocycles. The van der Waals surface area contributed by atoms with Crippen molar-refractivity contribution in [1.29, 1.82) is 10.5 Å². The van der Waals surface area contributed by atoms with E-state index in [4.69, 9.17) is 0 Å². The molecule has 0 aliphatic carbocycles. The third-order valence-corrected chi connectivity index (χ3v) is 7.23. The molecule has 6 aromatic rings. The standard InChI is InChI=1S/C37H25N3/c1-26-12-19-31(20-13-26)40(37-11-5-7-28-6-2-3-9-34(28)37)32-21-15-27(16-22-32)14-17-29-18-23-33-30(24-38)8-4-10-35(33)36(29)25-39/h2-23H,1H3. The molecular formula is C37H25N3. The summed E-state index contributed by atoms with van der Waals surface area (Å²) in [5.74, 6) is 0. The Morgan fingerprint density at radius 1 is 0.575 bits per heavy atom. The maximum atomic E-state index is 9.91. The molecule has 0 atom stereocenters. The monoisotopic (exact) mass is 511 g/mol. The van der Waals surface area contributed by atoms with Gasteiger partial charge >= 0.3 is 0 Å². The molecule has 0 unspecified atom stereocenters. The van der Waals surface area contributed by atoms with Gasteiger partial charge in [0.05, 0.1) is 22.9 Å². The molecule has 0 aromatic heterocycles. The van der Waals surface area contributed by atoms with E-state index in [2.05, 4.69) is 115 Å². The van der Waals surface area contributed by atoms with Crippen molar-refractivity contribution in [3.8, 4) is 12.1 Å². The molecule has 0 aliphatic rings. The molecule has 0 spiro atoms. The number of aryl methyl sites for hydroxylation is 1. The van der Waals surface area contributed by atoms with Crippen LogP contribution in [-0.4, -0.2) is 0 Å². The molecule has 188 valence electrons. The third kappa shape index (κ3) is 4.58. The fourth-order valence-electron chi connectivity index (χ4n) is 5.18. The van der Waals surface area contributed by atoms with Crippen LogP contribution in [0.25, 0.3) is 33.7 Å². The molecule has 0 amide bonds. The second-order valence-electron chi connectivity index (χ2n) is 9.75. The van der Waals surface area contributed by atoms with Crippen LogP contribution in [0.4, 0.5) is 17.1 Å². The van der Waals surface area contributed by atoms with Crippen molar-refractivity contribution in [1.82, 2.24) is 0 Å². The minimum Gasteiger partial charge on any atom is -0.310 e. The summed E-state index contributed by atoms with van der Waals surface area (Å²) in [7, 11) is 0. The zero-order valence-corrected chi connectivity index (χ0v) is 22.0. The first-order valence-electron chi connectivity index (χ1n) is 13.1. The van der Waals surface area contributed by atoms with Gasteiger partial charge in [0, 0.05) is 27.5 Å².